The fraction of sp³-hybridized carbons (Fsp3) is 0.176. The van der Waals surface area contributed by atoms with Gasteiger partial charge in [0.15, 0.2) is 5.58 Å². The second-order valence-electron chi connectivity index (χ2n) is 5.58. The second-order valence-corrected chi connectivity index (χ2v) is 5.58. The van der Waals surface area contributed by atoms with E-state index in [0.29, 0.717) is 22.4 Å². The highest BCUT2D eigenvalue weighted by Crippen LogP contribution is 2.29. The molecule has 0 fully saturated rings. The summed E-state index contributed by atoms with van der Waals surface area (Å²) >= 11 is 0. The zero-order valence-electron chi connectivity index (χ0n) is 13.8. The summed E-state index contributed by atoms with van der Waals surface area (Å²) in [6.45, 7) is 1.62. The molecule has 0 N–H and O–H groups in total. The lowest BCUT2D eigenvalue weighted by molar-refractivity contribution is 0.116. The minimum absolute atomic E-state index is 0.0264. The largest absolute Gasteiger partial charge is 0.486 e. The zero-order valence-corrected chi connectivity index (χ0v) is 13.8. The Bertz CT molecular complexity index is 1110. The van der Waals surface area contributed by atoms with Crippen LogP contribution in [0.4, 0.5) is 13.2 Å². The lowest BCUT2D eigenvalue weighted by atomic mass is 10.2. The van der Waals surface area contributed by atoms with Crippen LogP contribution < -0.4 is 4.74 Å². The average Bonchev–Trinajstić information content (AvgIpc) is 3.29. The normalized spacial score (nSPS) is 11.4. The molecule has 3 heterocycles. The molecule has 4 aromatic rings. The van der Waals surface area contributed by atoms with Crippen molar-refractivity contribution < 1.29 is 26.8 Å². The van der Waals surface area contributed by atoms with Crippen LogP contribution >= 0.6 is 0 Å². The first-order valence-electron chi connectivity index (χ1n) is 7.77. The molecule has 7 nitrogen and oxygen atoms in total. The number of rotatable bonds is 5. The molecule has 0 atom stereocenters. The second kappa shape index (κ2) is 6.71. The molecule has 4 rings (SSSR count). The molecule has 1 aromatic carbocycles. The van der Waals surface area contributed by atoms with E-state index in [1.165, 1.54) is 6.20 Å². The summed E-state index contributed by atoms with van der Waals surface area (Å²) in [7, 11) is 0. The summed E-state index contributed by atoms with van der Waals surface area (Å²) < 4.78 is 54.9. The van der Waals surface area contributed by atoms with Crippen molar-refractivity contribution in [2.45, 2.75) is 20.0 Å². The van der Waals surface area contributed by atoms with E-state index < -0.39 is 18.1 Å². The predicted molar refractivity (Wildman–Crippen MR) is 85.5 cm³/mol. The SMILES string of the molecule is Cc1noc2cccc(OCc3ncc(-c4nnc(C(F)F)o4)cc3F)c12. The molecule has 0 unspecified atom stereocenters. The Morgan fingerprint density at radius 2 is 2.07 bits per heavy atom. The Morgan fingerprint density at radius 3 is 2.81 bits per heavy atom. The highest BCUT2D eigenvalue weighted by atomic mass is 19.3. The summed E-state index contributed by atoms with van der Waals surface area (Å²) in [4.78, 5) is 3.96. The number of fused-ring (bicyclic) bond motifs is 1. The van der Waals surface area contributed by atoms with Crippen molar-refractivity contribution in [3.8, 4) is 17.2 Å². The smallest absolute Gasteiger partial charge is 0.314 e. The van der Waals surface area contributed by atoms with Crippen LogP contribution in [0.25, 0.3) is 22.4 Å². The fourth-order valence-corrected chi connectivity index (χ4v) is 2.50. The molecule has 0 aliphatic carbocycles. The molecule has 0 saturated heterocycles. The molecule has 0 radical (unpaired) electrons. The van der Waals surface area contributed by atoms with E-state index in [4.69, 9.17) is 13.7 Å². The predicted octanol–water partition coefficient (Wildman–Crippen LogP) is 4.24. The third-order valence-electron chi connectivity index (χ3n) is 3.79. The number of hydrogen-bond donors (Lipinski definition) is 0. The zero-order chi connectivity index (χ0) is 19.0. The van der Waals surface area contributed by atoms with Gasteiger partial charge < -0.3 is 13.7 Å². The average molecular weight is 376 g/mol. The molecular formula is C17H11F3N4O3. The number of alkyl halides is 2. The van der Waals surface area contributed by atoms with Crippen LogP contribution in [0.5, 0.6) is 5.75 Å². The van der Waals surface area contributed by atoms with Crippen LogP contribution in [0.2, 0.25) is 0 Å². The van der Waals surface area contributed by atoms with Gasteiger partial charge in [-0.15, -0.1) is 10.2 Å². The number of halogens is 3. The van der Waals surface area contributed by atoms with E-state index in [9.17, 15) is 13.2 Å². The van der Waals surface area contributed by atoms with Crippen molar-refractivity contribution in [3.05, 3.63) is 53.6 Å². The van der Waals surface area contributed by atoms with E-state index in [0.717, 1.165) is 6.07 Å². The van der Waals surface area contributed by atoms with Crippen molar-refractivity contribution in [1.82, 2.24) is 20.3 Å². The molecule has 0 aliphatic rings. The van der Waals surface area contributed by atoms with Gasteiger partial charge in [-0.3, -0.25) is 4.98 Å². The van der Waals surface area contributed by atoms with Crippen LogP contribution in [-0.4, -0.2) is 20.3 Å². The molecule has 0 spiro atoms. The van der Waals surface area contributed by atoms with Gasteiger partial charge in [0, 0.05) is 6.20 Å². The third-order valence-corrected chi connectivity index (χ3v) is 3.79. The van der Waals surface area contributed by atoms with Crippen molar-refractivity contribution in [1.29, 1.82) is 0 Å². The van der Waals surface area contributed by atoms with Gasteiger partial charge in [0.05, 0.1) is 16.6 Å². The summed E-state index contributed by atoms with van der Waals surface area (Å²) in [5.74, 6) is -1.29. The Morgan fingerprint density at radius 1 is 1.22 bits per heavy atom. The molecule has 0 aliphatic heterocycles. The highest BCUT2D eigenvalue weighted by molar-refractivity contribution is 5.85. The summed E-state index contributed by atoms with van der Waals surface area (Å²) in [6, 6.07) is 6.25. The first-order chi connectivity index (χ1) is 13.0. The summed E-state index contributed by atoms with van der Waals surface area (Å²) in [6.07, 6.45) is -1.66. The molecule has 0 amide bonds. The maximum Gasteiger partial charge on any atom is 0.314 e. The number of benzene rings is 1. The fourth-order valence-electron chi connectivity index (χ4n) is 2.50. The lowest BCUT2D eigenvalue weighted by Crippen LogP contribution is -2.02. The highest BCUT2D eigenvalue weighted by Gasteiger charge is 2.18. The lowest BCUT2D eigenvalue weighted by Gasteiger charge is -2.08. The number of hydrogen-bond acceptors (Lipinski definition) is 7. The van der Waals surface area contributed by atoms with Gasteiger partial charge in [0.25, 0.3) is 5.89 Å². The van der Waals surface area contributed by atoms with Crippen molar-refractivity contribution >= 4 is 11.0 Å². The van der Waals surface area contributed by atoms with Gasteiger partial charge in [-0.2, -0.15) is 8.78 Å². The number of aromatic nitrogens is 4. The molecule has 10 heteroatoms. The number of nitrogens with zero attached hydrogens (tertiary/aromatic N) is 4. The van der Waals surface area contributed by atoms with Gasteiger partial charge in [-0.25, -0.2) is 4.39 Å². The van der Waals surface area contributed by atoms with Crippen molar-refractivity contribution in [2.24, 2.45) is 0 Å². The molecule has 138 valence electrons. The molecular weight excluding hydrogens is 365 g/mol. The Labute approximate surface area is 149 Å². The summed E-state index contributed by atoms with van der Waals surface area (Å²) in [5.41, 5.74) is 1.32. The first kappa shape index (κ1) is 17.0. The van der Waals surface area contributed by atoms with E-state index in [1.54, 1.807) is 25.1 Å². The molecule has 27 heavy (non-hydrogen) atoms. The van der Waals surface area contributed by atoms with E-state index in [-0.39, 0.29) is 23.8 Å². The van der Waals surface area contributed by atoms with E-state index >= 15 is 0 Å². The van der Waals surface area contributed by atoms with Crippen LogP contribution in [0.1, 0.15) is 23.7 Å². The summed E-state index contributed by atoms with van der Waals surface area (Å²) in [5, 5.41) is 11.2. The first-order valence-corrected chi connectivity index (χ1v) is 7.77. The van der Waals surface area contributed by atoms with Crippen LogP contribution in [0.15, 0.2) is 39.4 Å². The number of ether oxygens (including phenoxy) is 1. The van der Waals surface area contributed by atoms with Gasteiger partial charge in [0.2, 0.25) is 5.89 Å². The Balaban J connectivity index is 1.55. The van der Waals surface area contributed by atoms with Gasteiger partial charge in [0.1, 0.15) is 23.9 Å². The van der Waals surface area contributed by atoms with E-state index in [1.807, 2.05) is 0 Å². The monoisotopic (exact) mass is 376 g/mol. The van der Waals surface area contributed by atoms with Crippen molar-refractivity contribution in [2.75, 3.05) is 0 Å². The quantitative estimate of drug-likeness (QED) is 0.515. The maximum atomic E-state index is 14.3. The Hall–Kier alpha value is -3.43. The van der Waals surface area contributed by atoms with E-state index in [2.05, 4.69) is 20.3 Å². The minimum atomic E-state index is -2.90. The van der Waals surface area contributed by atoms with Gasteiger partial charge in [-0.1, -0.05) is 11.2 Å². The standard InChI is InChI=1S/C17H11F3N4O3/c1-8-14-12(3-2-4-13(14)27-24-8)25-7-11-10(18)5-9(6-21-11)16-22-23-17(26-16)15(19)20/h2-6,15H,7H2,1H3. The van der Waals surface area contributed by atoms with Crippen LogP contribution in [0.3, 0.4) is 0 Å². The topological polar surface area (TPSA) is 87.1 Å². The van der Waals surface area contributed by atoms with Crippen LogP contribution in [-0.2, 0) is 6.61 Å². The molecule has 0 saturated carbocycles. The number of aryl methyl sites for hydroxylation is 1. The van der Waals surface area contributed by atoms with Crippen LogP contribution in [0, 0.1) is 12.7 Å². The number of pyridine rings is 1. The molecule has 3 aromatic heterocycles. The Kier molecular flexibility index (Phi) is 4.22. The third kappa shape index (κ3) is 3.21. The minimum Gasteiger partial charge on any atom is -0.486 e. The molecule has 0 bridgehead atoms. The maximum absolute atomic E-state index is 14.3. The van der Waals surface area contributed by atoms with Crippen molar-refractivity contribution in [3.63, 3.8) is 0 Å². The van der Waals surface area contributed by atoms with Gasteiger partial charge in [-0.05, 0) is 25.1 Å². The van der Waals surface area contributed by atoms with Gasteiger partial charge >= 0.3 is 6.43 Å².